The molecule has 0 aromatic carbocycles. The molecule has 0 radical (unpaired) electrons. The van der Waals surface area contributed by atoms with Gasteiger partial charge in [-0.05, 0) is 0 Å². The van der Waals surface area contributed by atoms with Crippen LogP contribution in [0.1, 0.15) is 0 Å². The minimum Gasteiger partial charge on any atom is -0.813 e. The molecule has 0 saturated heterocycles. The second-order valence-electron chi connectivity index (χ2n) is 0. The summed E-state index contributed by atoms with van der Waals surface area (Å²) >= 11 is 0. The summed E-state index contributed by atoms with van der Waals surface area (Å²) in [7, 11) is 0. The van der Waals surface area contributed by atoms with Gasteiger partial charge in [0.1, 0.15) is 0 Å². The largest absolute Gasteiger partial charge is 0.813 e. The van der Waals surface area contributed by atoms with Gasteiger partial charge in [0.15, 0.2) is 0 Å². The van der Waals surface area contributed by atoms with Crippen molar-refractivity contribution in [1.82, 2.24) is 0 Å². The Morgan fingerprint density at radius 3 is 0.286 bits per heavy atom. The minimum absolute atomic E-state index is 0. The maximum atomic E-state index is 0. The number of hydrogen-bond donors (Lipinski definition) is 0. The van der Waals surface area contributed by atoms with Crippen molar-refractivity contribution in [3.8, 4) is 0 Å². The predicted molar refractivity (Wildman–Crippen MR) is 26.3 cm³/mol. The zero-order valence-corrected chi connectivity index (χ0v) is 9.86. The van der Waals surface area contributed by atoms with Crippen molar-refractivity contribution in [1.29, 1.82) is 0 Å². The Balaban J connectivity index is 0. The molecular formula is H3Fe4S3-3. The van der Waals surface area contributed by atoms with Crippen LogP contribution in [0.15, 0.2) is 0 Å². The van der Waals surface area contributed by atoms with Crippen LogP contribution in [0.25, 0.3) is 0 Å². The molecule has 7 heteroatoms. The molecule has 0 unspecified atom stereocenters. The van der Waals surface area contributed by atoms with E-state index in [1.807, 2.05) is 0 Å². The number of rotatable bonds is 0. The first-order chi connectivity index (χ1) is 0. The summed E-state index contributed by atoms with van der Waals surface area (Å²) in [5.74, 6) is 0. The summed E-state index contributed by atoms with van der Waals surface area (Å²) in [5.41, 5.74) is 0. The molecule has 0 aromatic heterocycles. The van der Waals surface area contributed by atoms with Crippen LogP contribution in [0, 0.1) is 0 Å². The average Bonchev–Trinajstić information content (AvgIpc) is 0. The van der Waals surface area contributed by atoms with Gasteiger partial charge >= 0.3 is 0 Å². The van der Waals surface area contributed by atoms with E-state index in [1.54, 1.807) is 0 Å². The fraction of sp³-hybridized carbons (Fsp3) is 0. The molecule has 0 atom stereocenters. The molecule has 0 aliphatic rings. The van der Waals surface area contributed by atoms with Crippen molar-refractivity contribution in [2.75, 3.05) is 0 Å². The minimum atomic E-state index is 0. The summed E-state index contributed by atoms with van der Waals surface area (Å²) in [4.78, 5) is 0. The Labute approximate surface area is 107 Å². The van der Waals surface area contributed by atoms with E-state index in [9.17, 15) is 0 Å². The first kappa shape index (κ1) is 86.2. The van der Waals surface area contributed by atoms with Crippen LogP contribution in [-0.4, -0.2) is 0 Å². The zero-order valence-electron chi connectivity index (χ0n) is 2.76. The Bertz CT molecular complexity index is 6.90. The van der Waals surface area contributed by atoms with E-state index in [2.05, 4.69) is 0 Å². The van der Waals surface area contributed by atoms with E-state index in [0.29, 0.717) is 0 Å². The van der Waals surface area contributed by atoms with Gasteiger partial charge in [-0.3, -0.25) is 0 Å². The summed E-state index contributed by atoms with van der Waals surface area (Å²) < 4.78 is 0. The molecule has 0 heterocycles. The van der Waals surface area contributed by atoms with Gasteiger partial charge in [-0.1, -0.05) is 0 Å². The predicted octanol–water partition coefficient (Wildman–Crippen LogP) is -0.820. The van der Waals surface area contributed by atoms with E-state index >= 15 is 0 Å². The van der Waals surface area contributed by atoms with Crippen LogP contribution >= 0.6 is 0 Å². The Kier molecular flexibility index (Phi) is 759. The molecule has 56 valence electrons. The zero-order chi connectivity index (χ0) is 0. The third kappa shape index (κ3) is 47.4. The molecule has 0 rings (SSSR count). The molecular weight excluding hydrogens is 320 g/mol. The summed E-state index contributed by atoms with van der Waals surface area (Å²) in [6.45, 7) is 0. The first-order valence-electron chi connectivity index (χ1n) is 0. The van der Waals surface area contributed by atoms with Gasteiger partial charge in [-0.2, -0.15) is 0 Å². The van der Waals surface area contributed by atoms with Crippen molar-refractivity contribution < 1.29 is 68.3 Å². The molecule has 0 saturated carbocycles. The topological polar surface area (TPSA) is 0 Å². The van der Waals surface area contributed by atoms with Crippen LogP contribution in [0.4, 0.5) is 0 Å². The molecule has 0 N–H and O–H groups in total. The molecule has 0 aliphatic heterocycles. The van der Waals surface area contributed by atoms with Crippen LogP contribution in [0.5, 0.6) is 0 Å². The fourth-order valence-electron chi connectivity index (χ4n) is 0. The maximum absolute atomic E-state index is 0. The Morgan fingerprint density at radius 2 is 0.286 bits per heavy atom. The fourth-order valence-corrected chi connectivity index (χ4v) is 0. The van der Waals surface area contributed by atoms with Gasteiger partial charge in [0.2, 0.25) is 0 Å². The van der Waals surface area contributed by atoms with Crippen molar-refractivity contribution in [3.05, 3.63) is 0 Å². The standard InChI is InChI=1S/4Fe.3H2S/h;;;;3*1H2/p-3. The second kappa shape index (κ2) is 61.6. The van der Waals surface area contributed by atoms with Crippen LogP contribution in [0.2, 0.25) is 0 Å². The van der Waals surface area contributed by atoms with Crippen LogP contribution < -0.4 is 0 Å². The normalized spacial score (nSPS) is 0. The van der Waals surface area contributed by atoms with Crippen LogP contribution in [-0.2, 0) is 109 Å². The van der Waals surface area contributed by atoms with Gasteiger partial charge in [0.05, 0.1) is 0 Å². The third-order valence-electron chi connectivity index (χ3n) is 0. The SMILES string of the molecule is [Fe].[Fe].[Fe].[Fe].[SH-].[SH-].[SH-]. The second-order valence-corrected chi connectivity index (χ2v) is 0. The van der Waals surface area contributed by atoms with E-state index < -0.39 is 0 Å². The molecule has 0 fully saturated rings. The molecule has 0 aromatic rings. The smallest absolute Gasteiger partial charge is 0 e. The van der Waals surface area contributed by atoms with Gasteiger partial charge < -0.3 is 40.5 Å². The van der Waals surface area contributed by atoms with Crippen molar-refractivity contribution in [3.63, 3.8) is 0 Å². The van der Waals surface area contributed by atoms with Crippen molar-refractivity contribution >= 4 is 40.5 Å². The third-order valence-corrected chi connectivity index (χ3v) is 0. The van der Waals surface area contributed by atoms with Gasteiger partial charge in [0, 0.05) is 68.3 Å². The van der Waals surface area contributed by atoms with E-state index in [4.69, 9.17) is 0 Å². The average molecular weight is 323 g/mol. The maximum Gasteiger partial charge on any atom is 0 e. The number of hydrogen-bond acceptors (Lipinski definition) is 3. The van der Waals surface area contributed by atoms with Crippen molar-refractivity contribution in [2.24, 2.45) is 0 Å². The quantitative estimate of drug-likeness (QED) is 0.325. The molecule has 0 nitrogen and oxygen atoms in total. The van der Waals surface area contributed by atoms with Gasteiger partial charge in [-0.25, -0.2) is 0 Å². The Hall–Kier alpha value is 3.13. The monoisotopic (exact) mass is 323 g/mol. The van der Waals surface area contributed by atoms with E-state index in [1.165, 1.54) is 0 Å². The van der Waals surface area contributed by atoms with E-state index in [-0.39, 0.29) is 109 Å². The van der Waals surface area contributed by atoms with E-state index in [0.717, 1.165) is 0 Å². The summed E-state index contributed by atoms with van der Waals surface area (Å²) in [6, 6.07) is 0. The molecule has 0 bridgehead atoms. The van der Waals surface area contributed by atoms with Gasteiger partial charge in [-0.15, -0.1) is 0 Å². The molecule has 0 amide bonds. The molecule has 7 heavy (non-hydrogen) atoms. The number of thiol groups is 3. The van der Waals surface area contributed by atoms with Crippen molar-refractivity contribution in [2.45, 2.75) is 0 Å². The molecule has 0 spiro atoms. The Morgan fingerprint density at radius 1 is 0.286 bits per heavy atom. The summed E-state index contributed by atoms with van der Waals surface area (Å²) in [5, 5.41) is 0. The van der Waals surface area contributed by atoms with Crippen LogP contribution in [0.3, 0.4) is 0 Å². The summed E-state index contributed by atoms with van der Waals surface area (Å²) in [6.07, 6.45) is 0. The van der Waals surface area contributed by atoms with Gasteiger partial charge in [0.25, 0.3) is 0 Å². The first-order valence-corrected chi connectivity index (χ1v) is 0. The molecule has 0 aliphatic carbocycles.